The molecule has 1 atom stereocenters. The highest BCUT2D eigenvalue weighted by Crippen LogP contribution is 2.10. The van der Waals surface area contributed by atoms with Crippen molar-refractivity contribution in [2.45, 2.75) is 13.0 Å². The normalized spacial score (nSPS) is 11.2. The second kappa shape index (κ2) is 8.47. The molecule has 0 spiro atoms. The fourth-order valence-electron chi connectivity index (χ4n) is 1.97. The van der Waals surface area contributed by atoms with E-state index in [0.717, 1.165) is 0 Å². The van der Waals surface area contributed by atoms with Crippen LogP contribution < -0.4 is 10.1 Å². The van der Waals surface area contributed by atoms with E-state index in [9.17, 15) is 14.4 Å². The Balaban J connectivity index is 2.13. The largest absolute Gasteiger partial charge is 0.464 e. The first kappa shape index (κ1) is 17.2. The minimum Gasteiger partial charge on any atom is -0.464 e. The molecule has 0 aliphatic rings. The molecule has 0 fully saturated rings. The van der Waals surface area contributed by atoms with Crippen LogP contribution >= 0.6 is 0 Å². The molecular formula is C18H17NO5. The van der Waals surface area contributed by atoms with Crippen molar-refractivity contribution in [2.75, 3.05) is 6.61 Å². The number of carbonyl (C=O) groups excluding carboxylic acids is 3. The second-order valence-corrected chi connectivity index (χ2v) is 4.76. The Bertz CT molecular complexity index is 700. The van der Waals surface area contributed by atoms with E-state index in [2.05, 4.69) is 5.32 Å². The highest BCUT2D eigenvalue weighted by atomic mass is 16.6. The van der Waals surface area contributed by atoms with Crippen LogP contribution in [0.4, 0.5) is 4.79 Å². The highest BCUT2D eigenvalue weighted by molar-refractivity contribution is 6.13. The van der Waals surface area contributed by atoms with Gasteiger partial charge in [0.1, 0.15) is 5.75 Å². The van der Waals surface area contributed by atoms with Gasteiger partial charge in [0.2, 0.25) is 0 Å². The van der Waals surface area contributed by atoms with Gasteiger partial charge in [-0.25, -0.2) is 9.59 Å². The summed E-state index contributed by atoms with van der Waals surface area (Å²) in [5, 5.41) is 2.26. The number of rotatable bonds is 6. The fraction of sp³-hybridized carbons (Fsp3) is 0.167. The molecule has 1 N–H and O–H groups in total. The smallest absolute Gasteiger partial charge is 0.413 e. The van der Waals surface area contributed by atoms with Gasteiger partial charge >= 0.3 is 12.1 Å². The molecule has 0 saturated carbocycles. The van der Waals surface area contributed by atoms with Crippen molar-refractivity contribution in [3.8, 4) is 5.75 Å². The fourth-order valence-corrected chi connectivity index (χ4v) is 1.97. The van der Waals surface area contributed by atoms with Crippen molar-refractivity contribution in [3.63, 3.8) is 0 Å². The molecule has 0 heterocycles. The van der Waals surface area contributed by atoms with Crippen molar-refractivity contribution in [2.24, 2.45) is 0 Å². The third-order valence-corrected chi connectivity index (χ3v) is 3.06. The van der Waals surface area contributed by atoms with Crippen LogP contribution in [0.2, 0.25) is 0 Å². The van der Waals surface area contributed by atoms with Gasteiger partial charge in [0.15, 0.2) is 11.8 Å². The Morgan fingerprint density at radius 2 is 1.54 bits per heavy atom. The van der Waals surface area contributed by atoms with Crippen molar-refractivity contribution in [3.05, 3.63) is 66.2 Å². The van der Waals surface area contributed by atoms with Crippen molar-refractivity contribution in [1.29, 1.82) is 0 Å². The number of carbonyl (C=O) groups is 3. The molecule has 0 radical (unpaired) electrons. The van der Waals surface area contributed by atoms with Crippen molar-refractivity contribution < 1.29 is 23.9 Å². The number of amides is 1. The summed E-state index contributed by atoms with van der Waals surface area (Å²) < 4.78 is 9.92. The second-order valence-electron chi connectivity index (χ2n) is 4.76. The van der Waals surface area contributed by atoms with Crippen LogP contribution in [0.5, 0.6) is 5.75 Å². The average Bonchev–Trinajstić information content (AvgIpc) is 2.61. The van der Waals surface area contributed by atoms with Crippen molar-refractivity contribution >= 4 is 17.8 Å². The maximum absolute atomic E-state index is 12.5. The molecule has 6 heteroatoms. The Morgan fingerprint density at radius 3 is 2.12 bits per heavy atom. The molecule has 1 unspecified atom stereocenters. The minimum absolute atomic E-state index is 0.0901. The first-order valence-electron chi connectivity index (χ1n) is 7.41. The van der Waals surface area contributed by atoms with Gasteiger partial charge in [-0.15, -0.1) is 0 Å². The molecule has 0 aliphatic carbocycles. The van der Waals surface area contributed by atoms with Gasteiger partial charge in [-0.05, 0) is 19.1 Å². The van der Waals surface area contributed by atoms with Crippen LogP contribution in [0, 0.1) is 0 Å². The van der Waals surface area contributed by atoms with Gasteiger partial charge in [0.05, 0.1) is 6.61 Å². The molecule has 2 aromatic carbocycles. The van der Waals surface area contributed by atoms with Gasteiger partial charge in [-0.3, -0.25) is 4.79 Å². The Morgan fingerprint density at radius 1 is 0.958 bits per heavy atom. The molecule has 124 valence electrons. The lowest BCUT2D eigenvalue weighted by molar-refractivity contribution is -0.144. The van der Waals surface area contributed by atoms with E-state index in [1.807, 2.05) is 0 Å². The van der Waals surface area contributed by atoms with E-state index in [4.69, 9.17) is 9.47 Å². The molecule has 1 amide bonds. The maximum Gasteiger partial charge on any atom is 0.413 e. The highest BCUT2D eigenvalue weighted by Gasteiger charge is 2.31. The number of esters is 1. The molecule has 6 nitrogen and oxygen atoms in total. The monoisotopic (exact) mass is 327 g/mol. The van der Waals surface area contributed by atoms with Gasteiger partial charge in [0, 0.05) is 5.56 Å². The Kier molecular flexibility index (Phi) is 6.08. The number of Topliss-reactive ketones (excluding diaryl/α,β-unsaturated/α-hetero) is 1. The number of ketones is 1. The van der Waals surface area contributed by atoms with Crippen LogP contribution in [-0.2, 0) is 9.53 Å². The third-order valence-electron chi connectivity index (χ3n) is 3.06. The van der Waals surface area contributed by atoms with E-state index in [-0.39, 0.29) is 12.2 Å². The van der Waals surface area contributed by atoms with Crippen LogP contribution in [0.3, 0.4) is 0 Å². The molecule has 0 bridgehead atoms. The molecule has 0 aromatic heterocycles. The summed E-state index contributed by atoms with van der Waals surface area (Å²) in [6.07, 6.45) is -0.913. The van der Waals surface area contributed by atoms with Gasteiger partial charge < -0.3 is 14.8 Å². The van der Waals surface area contributed by atoms with Crippen LogP contribution in [0.25, 0.3) is 0 Å². The number of benzene rings is 2. The summed E-state index contributed by atoms with van der Waals surface area (Å²) in [4.78, 5) is 36.5. The minimum atomic E-state index is -1.47. The predicted molar refractivity (Wildman–Crippen MR) is 86.8 cm³/mol. The first-order chi connectivity index (χ1) is 11.6. The summed E-state index contributed by atoms with van der Waals surface area (Å²) in [6, 6.07) is 15.0. The lowest BCUT2D eigenvalue weighted by Crippen LogP contribution is -2.48. The summed E-state index contributed by atoms with van der Waals surface area (Å²) in [6.45, 7) is 1.71. The van der Waals surface area contributed by atoms with Crippen molar-refractivity contribution in [1.82, 2.24) is 5.32 Å². The van der Waals surface area contributed by atoms with E-state index < -0.39 is 23.9 Å². The van der Waals surface area contributed by atoms with E-state index in [1.54, 1.807) is 67.6 Å². The number of hydrogen-bond acceptors (Lipinski definition) is 5. The lowest BCUT2D eigenvalue weighted by atomic mass is 10.0. The van der Waals surface area contributed by atoms with Crippen LogP contribution in [0.1, 0.15) is 17.3 Å². The van der Waals surface area contributed by atoms with E-state index in [1.165, 1.54) is 0 Å². The zero-order valence-electron chi connectivity index (χ0n) is 13.1. The quantitative estimate of drug-likeness (QED) is 0.501. The standard InChI is InChI=1S/C18H17NO5/c1-2-23-17(21)15(16(20)13-9-5-3-6-10-13)19-18(22)24-14-11-7-4-8-12-14/h3-12,15H,2H2,1H3,(H,19,22). The summed E-state index contributed by atoms with van der Waals surface area (Å²) in [5.74, 6) is -1.11. The molecule has 0 saturated heterocycles. The topological polar surface area (TPSA) is 81.7 Å². The summed E-state index contributed by atoms with van der Waals surface area (Å²) in [5.41, 5.74) is 0.288. The van der Waals surface area contributed by atoms with E-state index in [0.29, 0.717) is 5.75 Å². The number of hydrogen-bond donors (Lipinski definition) is 1. The zero-order valence-corrected chi connectivity index (χ0v) is 13.1. The first-order valence-corrected chi connectivity index (χ1v) is 7.41. The lowest BCUT2D eigenvalue weighted by Gasteiger charge is -2.16. The maximum atomic E-state index is 12.5. The van der Waals surface area contributed by atoms with Gasteiger partial charge in [0.25, 0.3) is 0 Å². The SMILES string of the molecule is CCOC(=O)C(NC(=O)Oc1ccccc1)C(=O)c1ccccc1. The van der Waals surface area contributed by atoms with Gasteiger partial charge in [-0.1, -0.05) is 48.5 Å². The van der Waals surface area contributed by atoms with Crippen LogP contribution in [0.15, 0.2) is 60.7 Å². The van der Waals surface area contributed by atoms with Gasteiger partial charge in [-0.2, -0.15) is 0 Å². The number of ether oxygens (including phenoxy) is 2. The molecular weight excluding hydrogens is 310 g/mol. The molecule has 0 aliphatic heterocycles. The molecule has 24 heavy (non-hydrogen) atoms. The Hall–Kier alpha value is -3.15. The van der Waals surface area contributed by atoms with Crippen LogP contribution in [-0.4, -0.2) is 30.5 Å². The van der Waals surface area contributed by atoms with E-state index >= 15 is 0 Å². The Labute approximate surface area is 139 Å². The zero-order chi connectivity index (χ0) is 17.4. The summed E-state index contributed by atoms with van der Waals surface area (Å²) >= 11 is 0. The third kappa shape index (κ3) is 4.67. The predicted octanol–water partition coefficient (Wildman–Crippen LogP) is 2.59. The molecule has 2 rings (SSSR count). The average molecular weight is 327 g/mol. The summed E-state index contributed by atoms with van der Waals surface area (Å²) in [7, 11) is 0. The number of nitrogens with one attached hydrogen (secondary N) is 1. The number of para-hydroxylation sites is 1. The molecule has 2 aromatic rings.